The van der Waals surface area contributed by atoms with E-state index in [0.29, 0.717) is 18.5 Å². The molecular weight excluding hydrogens is 238 g/mol. The molecule has 0 aromatic carbocycles. The molecule has 0 aliphatic heterocycles. The summed E-state index contributed by atoms with van der Waals surface area (Å²) in [6.07, 6.45) is 5.65. The van der Waals surface area contributed by atoms with Gasteiger partial charge in [-0.1, -0.05) is 20.8 Å². The van der Waals surface area contributed by atoms with Gasteiger partial charge in [0.25, 0.3) is 0 Å². The molecule has 5 heteroatoms. The molecule has 0 saturated carbocycles. The van der Waals surface area contributed by atoms with Gasteiger partial charge in [-0.3, -0.25) is 0 Å². The van der Waals surface area contributed by atoms with E-state index in [1.54, 1.807) is 6.20 Å². The van der Waals surface area contributed by atoms with Gasteiger partial charge in [-0.15, -0.1) is 0 Å². The van der Waals surface area contributed by atoms with Crippen molar-refractivity contribution in [2.45, 2.75) is 45.6 Å². The fraction of sp³-hybridized carbons (Fsp3) is 0.571. The Hall–Kier alpha value is -1.62. The van der Waals surface area contributed by atoms with Crippen LogP contribution >= 0.6 is 0 Å². The minimum atomic E-state index is 0.362. The Kier molecular flexibility index (Phi) is 4.37. The van der Waals surface area contributed by atoms with Gasteiger partial charge in [-0.25, -0.2) is 9.50 Å². The first-order chi connectivity index (χ1) is 9.15. The molecule has 0 radical (unpaired) electrons. The Bertz CT molecular complexity index is 532. The van der Waals surface area contributed by atoms with Crippen molar-refractivity contribution in [1.29, 1.82) is 0 Å². The molecule has 19 heavy (non-hydrogen) atoms. The Labute approximate surface area is 114 Å². The van der Waals surface area contributed by atoms with E-state index in [2.05, 4.69) is 42.2 Å². The lowest BCUT2D eigenvalue weighted by atomic mass is 10.1. The van der Waals surface area contributed by atoms with Gasteiger partial charge in [0.2, 0.25) is 0 Å². The van der Waals surface area contributed by atoms with Crippen molar-refractivity contribution in [2.24, 2.45) is 5.73 Å². The minimum absolute atomic E-state index is 0.362. The van der Waals surface area contributed by atoms with Crippen LogP contribution in [0.5, 0.6) is 0 Å². The predicted molar refractivity (Wildman–Crippen MR) is 78.4 cm³/mol. The van der Waals surface area contributed by atoms with Crippen molar-refractivity contribution in [1.82, 2.24) is 14.6 Å². The molecule has 2 aromatic heterocycles. The highest BCUT2D eigenvalue weighted by Gasteiger charge is 2.12. The fourth-order valence-corrected chi connectivity index (χ4v) is 2.11. The number of fused-ring (bicyclic) bond motifs is 1. The second kappa shape index (κ2) is 6.02. The number of aromatic nitrogens is 3. The number of nitrogens with zero attached hydrogens (tertiary/aromatic N) is 3. The van der Waals surface area contributed by atoms with E-state index in [1.165, 1.54) is 0 Å². The Morgan fingerprint density at radius 1 is 1.42 bits per heavy atom. The average molecular weight is 261 g/mol. The standard InChI is InChI=1S/C14H23N5/c1-4-11(5-6-15)17-14-13-9-12(10(2)3)18-19(13)8-7-16-14/h7-11H,4-6,15H2,1-3H3,(H,16,17). The maximum atomic E-state index is 5.64. The molecular formula is C14H23N5. The third kappa shape index (κ3) is 3.04. The second-order valence-corrected chi connectivity index (χ2v) is 5.16. The first-order valence-electron chi connectivity index (χ1n) is 6.96. The monoisotopic (exact) mass is 261 g/mol. The zero-order valence-electron chi connectivity index (χ0n) is 11.9. The van der Waals surface area contributed by atoms with E-state index in [0.717, 1.165) is 29.9 Å². The van der Waals surface area contributed by atoms with Gasteiger partial charge in [0.15, 0.2) is 5.82 Å². The summed E-state index contributed by atoms with van der Waals surface area (Å²) in [4.78, 5) is 4.44. The lowest BCUT2D eigenvalue weighted by Crippen LogP contribution is -2.23. The fourth-order valence-electron chi connectivity index (χ4n) is 2.11. The quantitative estimate of drug-likeness (QED) is 0.837. The van der Waals surface area contributed by atoms with Crippen LogP contribution in [0.1, 0.15) is 45.2 Å². The molecule has 2 heterocycles. The van der Waals surface area contributed by atoms with Gasteiger partial charge in [0, 0.05) is 18.4 Å². The van der Waals surface area contributed by atoms with Gasteiger partial charge in [0.1, 0.15) is 5.52 Å². The van der Waals surface area contributed by atoms with Gasteiger partial charge >= 0.3 is 0 Å². The molecule has 0 aliphatic carbocycles. The van der Waals surface area contributed by atoms with Crippen LogP contribution in [0.4, 0.5) is 5.82 Å². The third-order valence-electron chi connectivity index (χ3n) is 3.35. The Balaban J connectivity index is 2.32. The summed E-state index contributed by atoms with van der Waals surface area (Å²) < 4.78 is 1.89. The molecule has 1 unspecified atom stereocenters. The molecule has 104 valence electrons. The van der Waals surface area contributed by atoms with Crippen LogP contribution in [0.25, 0.3) is 5.52 Å². The van der Waals surface area contributed by atoms with Gasteiger partial charge in [-0.2, -0.15) is 5.10 Å². The van der Waals surface area contributed by atoms with Crippen molar-refractivity contribution < 1.29 is 0 Å². The van der Waals surface area contributed by atoms with Crippen LogP contribution in [0.15, 0.2) is 18.5 Å². The highest BCUT2D eigenvalue weighted by atomic mass is 15.2. The van der Waals surface area contributed by atoms with E-state index in [4.69, 9.17) is 5.73 Å². The van der Waals surface area contributed by atoms with Crippen LogP contribution in [-0.2, 0) is 0 Å². The summed E-state index contributed by atoms with van der Waals surface area (Å²) in [5, 5.41) is 8.04. The molecule has 1 atom stereocenters. The molecule has 2 aromatic rings. The lowest BCUT2D eigenvalue weighted by Gasteiger charge is -2.16. The Morgan fingerprint density at radius 2 is 2.21 bits per heavy atom. The van der Waals surface area contributed by atoms with Crippen molar-refractivity contribution in [3.63, 3.8) is 0 Å². The first kappa shape index (κ1) is 13.8. The van der Waals surface area contributed by atoms with Crippen LogP contribution < -0.4 is 11.1 Å². The molecule has 0 amide bonds. The largest absolute Gasteiger partial charge is 0.366 e. The highest BCUT2D eigenvalue weighted by Crippen LogP contribution is 2.21. The highest BCUT2D eigenvalue weighted by molar-refractivity contribution is 5.68. The number of hydrogen-bond donors (Lipinski definition) is 2. The van der Waals surface area contributed by atoms with Crippen molar-refractivity contribution >= 4 is 11.3 Å². The maximum Gasteiger partial charge on any atom is 0.152 e. The SMILES string of the molecule is CCC(CCN)Nc1nccn2nc(C(C)C)cc12. The van der Waals surface area contributed by atoms with Gasteiger partial charge in [0.05, 0.1) is 5.69 Å². The first-order valence-corrected chi connectivity index (χ1v) is 6.96. The third-order valence-corrected chi connectivity index (χ3v) is 3.35. The summed E-state index contributed by atoms with van der Waals surface area (Å²) in [5.74, 6) is 1.31. The van der Waals surface area contributed by atoms with Gasteiger partial charge in [-0.05, 0) is 31.4 Å². The van der Waals surface area contributed by atoms with E-state index >= 15 is 0 Å². The van der Waals surface area contributed by atoms with E-state index in [-0.39, 0.29) is 0 Å². The minimum Gasteiger partial charge on any atom is -0.366 e. The van der Waals surface area contributed by atoms with Crippen LogP contribution in [0.2, 0.25) is 0 Å². The molecule has 0 bridgehead atoms. The molecule has 0 saturated heterocycles. The van der Waals surface area contributed by atoms with E-state index in [1.807, 2.05) is 10.7 Å². The molecule has 0 aliphatic rings. The zero-order valence-corrected chi connectivity index (χ0v) is 11.9. The van der Waals surface area contributed by atoms with E-state index < -0.39 is 0 Å². The molecule has 2 rings (SSSR count). The number of hydrogen-bond acceptors (Lipinski definition) is 4. The Morgan fingerprint density at radius 3 is 2.84 bits per heavy atom. The number of nitrogens with one attached hydrogen (secondary N) is 1. The van der Waals surface area contributed by atoms with Crippen molar-refractivity contribution in [3.05, 3.63) is 24.2 Å². The predicted octanol–water partition coefficient (Wildman–Crippen LogP) is 2.39. The number of rotatable bonds is 6. The summed E-state index contributed by atoms with van der Waals surface area (Å²) >= 11 is 0. The summed E-state index contributed by atoms with van der Waals surface area (Å²) in [6, 6.07) is 2.47. The topological polar surface area (TPSA) is 68.2 Å². The van der Waals surface area contributed by atoms with Gasteiger partial charge < -0.3 is 11.1 Å². The normalized spacial score (nSPS) is 13.1. The second-order valence-electron chi connectivity index (χ2n) is 5.16. The van der Waals surface area contributed by atoms with Crippen LogP contribution in [0.3, 0.4) is 0 Å². The summed E-state index contributed by atoms with van der Waals surface area (Å²) in [7, 11) is 0. The number of nitrogens with two attached hydrogens (primary N) is 1. The van der Waals surface area contributed by atoms with E-state index in [9.17, 15) is 0 Å². The maximum absolute atomic E-state index is 5.64. The molecule has 5 nitrogen and oxygen atoms in total. The average Bonchev–Trinajstić information content (AvgIpc) is 2.83. The van der Waals surface area contributed by atoms with Crippen LogP contribution in [-0.4, -0.2) is 27.2 Å². The number of anilines is 1. The molecule has 0 fully saturated rings. The van der Waals surface area contributed by atoms with Crippen LogP contribution in [0, 0.1) is 0 Å². The molecule has 0 spiro atoms. The summed E-state index contributed by atoms with van der Waals surface area (Å²) in [6.45, 7) is 7.13. The molecule has 3 N–H and O–H groups in total. The smallest absolute Gasteiger partial charge is 0.152 e. The zero-order chi connectivity index (χ0) is 13.8. The lowest BCUT2D eigenvalue weighted by molar-refractivity contribution is 0.639. The summed E-state index contributed by atoms with van der Waals surface area (Å²) in [5.41, 5.74) is 7.75. The van der Waals surface area contributed by atoms with Crippen molar-refractivity contribution in [3.8, 4) is 0 Å². The van der Waals surface area contributed by atoms with Crippen molar-refractivity contribution in [2.75, 3.05) is 11.9 Å².